The van der Waals surface area contributed by atoms with Gasteiger partial charge in [-0.05, 0) is 31.4 Å². The second kappa shape index (κ2) is 7.87. The Morgan fingerprint density at radius 2 is 2.03 bits per heavy atom. The van der Waals surface area contributed by atoms with Gasteiger partial charge in [-0.1, -0.05) is 11.6 Å². The number of nitrogens with zero attached hydrogens (tertiary/aromatic N) is 5. The molecule has 0 bridgehead atoms. The summed E-state index contributed by atoms with van der Waals surface area (Å²) in [5, 5.41) is 18.9. The van der Waals surface area contributed by atoms with E-state index in [0.717, 1.165) is 5.56 Å². The van der Waals surface area contributed by atoms with E-state index in [2.05, 4.69) is 10.1 Å². The molecule has 0 amide bonds. The van der Waals surface area contributed by atoms with E-state index in [0.29, 0.717) is 33.9 Å². The van der Waals surface area contributed by atoms with Crippen LogP contribution in [-0.4, -0.2) is 70.4 Å². The monoisotopic (exact) mass is 456 g/mol. The van der Waals surface area contributed by atoms with E-state index in [1.54, 1.807) is 6.07 Å². The lowest BCUT2D eigenvalue weighted by molar-refractivity contribution is -0.206. The third-order valence-corrected chi connectivity index (χ3v) is 6.28. The number of aliphatic hydroxyl groups is 1. The van der Waals surface area contributed by atoms with Crippen LogP contribution < -0.4 is 10.0 Å². The van der Waals surface area contributed by atoms with E-state index in [-0.39, 0.29) is 12.8 Å². The number of fused-ring (bicyclic) bond motifs is 1. The van der Waals surface area contributed by atoms with Crippen LogP contribution in [0.4, 0.5) is 19.0 Å². The van der Waals surface area contributed by atoms with E-state index in [1.165, 1.54) is 10.8 Å². The summed E-state index contributed by atoms with van der Waals surface area (Å²) in [7, 11) is -4.43. The first kappa shape index (κ1) is 22.0. The molecule has 162 valence electrons. The molecule has 3 heterocycles. The fraction of sp³-hybridized carbons (Fsp3) is 0.600. The van der Waals surface area contributed by atoms with Crippen molar-refractivity contribution in [2.45, 2.75) is 38.1 Å². The summed E-state index contributed by atoms with van der Waals surface area (Å²) in [4.78, 5) is 6.18. The Hall–Kier alpha value is -1.67. The van der Waals surface area contributed by atoms with Crippen molar-refractivity contribution >= 4 is 33.1 Å². The van der Waals surface area contributed by atoms with Crippen molar-refractivity contribution in [3.05, 3.63) is 23.1 Å². The third-order valence-electron chi connectivity index (χ3n) is 4.91. The molecule has 14 heteroatoms. The highest BCUT2D eigenvalue weighted by Gasteiger charge is 2.43. The van der Waals surface area contributed by atoms with E-state index in [9.17, 15) is 26.7 Å². The van der Waals surface area contributed by atoms with Gasteiger partial charge in [0.2, 0.25) is 0 Å². The van der Waals surface area contributed by atoms with Gasteiger partial charge in [-0.25, -0.2) is 14.6 Å². The number of aromatic nitrogens is 3. The second-order valence-corrected chi connectivity index (χ2v) is 8.77. The maximum Gasteiger partial charge on any atom is 0.415 e. The van der Waals surface area contributed by atoms with Crippen LogP contribution in [0.2, 0.25) is 5.15 Å². The van der Waals surface area contributed by atoms with Gasteiger partial charge >= 0.3 is 6.18 Å². The summed E-state index contributed by atoms with van der Waals surface area (Å²) in [6, 6.07) is 0.968. The van der Waals surface area contributed by atoms with E-state index in [4.69, 9.17) is 16.7 Å². The van der Waals surface area contributed by atoms with Crippen LogP contribution in [0.3, 0.4) is 0 Å². The van der Waals surface area contributed by atoms with E-state index in [1.807, 2.05) is 11.8 Å². The van der Waals surface area contributed by atoms with Gasteiger partial charge in [-0.3, -0.25) is 0 Å². The van der Waals surface area contributed by atoms with Gasteiger partial charge in [0.25, 0.3) is 10.2 Å². The van der Waals surface area contributed by atoms with Gasteiger partial charge in [0.15, 0.2) is 11.9 Å². The van der Waals surface area contributed by atoms with Crippen LogP contribution in [0.25, 0.3) is 5.52 Å². The molecule has 1 aliphatic rings. The number of aryl methyl sites for hydroxylation is 1. The molecule has 0 spiro atoms. The highest BCUT2D eigenvalue weighted by molar-refractivity contribution is 7.86. The lowest BCUT2D eigenvalue weighted by Crippen LogP contribution is -2.53. The summed E-state index contributed by atoms with van der Waals surface area (Å²) in [6.07, 6.45) is -5.99. The number of alkyl halides is 3. The minimum atomic E-state index is -4.94. The molecule has 29 heavy (non-hydrogen) atoms. The largest absolute Gasteiger partial charge is 0.415 e. The summed E-state index contributed by atoms with van der Waals surface area (Å²) in [5.41, 5.74) is 1.55. The predicted octanol–water partition coefficient (Wildman–Crippen LogP) is 1.09. The zero-order valence-corrected chi connectivity index (χ0v) is 16.9. The lowest BCUT2D eigenvalue weighted by Gasteiger charge is -2.38. The van der Waals surface area contributed by atoms with Crippen molar-refractivity contribution in [1.29, 1.82) is 0 Å². The summed E-state index contributed by atoms with van der Waals surface area (Å²) in [5.74, 6) is 0.598. The fourth-order valence-corrected chi connectivity index (χ4v) is 4.76. The molecule has 3 rings (SSSR count). The first-order valence-corrected chi connectivity index (χ1v) is 10.6. The topological polar surface area (TPSA) is 117 Å². The molecule has 9 nitrogen and oxygen atoms in total. The van der Waals surface area contributed by atoms with E-state index < -0.39 is 35.1 Å². The predicted molar refractivity (Wildman–Crippen MR) is 99.8 cm³/mol. The number of rotatable bonds is 5. The van der Waals surface area contributed by atoms with Crippen molar-refractivity contribution in [2.24, 2.45) is 5.14 Å². The SMILES string of the molecule is Cc1cc(Cl)n2ncnc(N3CCC(N(C[C@@H](O)C(F)(F)F)S(N)(=O)=O)CC3)c12. The maximum absolute atomic E-state index is 12.7. The molecule has 0 radical (unpaired) electrons. The average Bonchev–Trinajstić information content (AvgIpc) is 2.92. The molecule has 1 fully saturated rings. The number of hydrogen-bond donors (Lipinski definition) is 2. The van der Waals surface area contributed by atoms with Gasteiger partial charge in [0, 0.05) is 19.1 Å². The van der Waals surface area contributed by atoms with Gasteiger partial charge in [0.05, 0.1) is 6.54 Å². The molecule has 0 aromatic carbocycles. The van der Waals surface area contributed by atoms with Gasteiger partial charge in [-0.15, -0.1) is 0 Å². The number of piperidine rings is 1. The molecule has 2 aromatic rings. The van der Waals surface area contributed by atoms with Crippen LogP contribution in [0.5, 0.6) is 0 Å². The molecule has 0 unspecified atom stereocenters. The summed E-state index contributed by atoms with van der Waals surface area (Å²) < 4.78 is 63.8. The summed E-state index contributed by atoms with van der Waals surface area (Å²) >= 11 is 6.14. The van der Waals surface area contributed by atoms with Crippen molar-refractivity contribution in [3.63, 3.8) is 0 Å². The second-order valence-electron chi connectivity index (χ2n) is 6.88. The lowest BCUT2D eigenvalue weighted by atomic mass is 10.0. The number of aliphatic hydroxyl groups excluding tert-OH is 1. The van der Waals surface area contributed by atoms with Crippen LogP contribution in [0.15, 0.2) is 12.4 Å². The molecular formula is C15H20ClF3N6O3S. The molecule has 1 saturated heterocycles. The minimum Gasteiger partial charge on any atom is -0.382 e. The number of nitrogens with two attached hydrogens (primary N) is 1. The quantitative estimate of drug-likeness (QED) is 0.695. The third kappa shape index (κ3) is 4.58. The van der Waals surface area contributed by atoms with Gasteiger partial charge in [-0.2, -0.15) is 31.0 Å². The number of halogens is 4. The molecule has 3 N–H and O–H groups in total. The smallest absolute Gasteiger partial charge is 0.382 e. The Labute approximate surface area is 170 Å². The van der Waals surface area contributed by atoms with Crippen molar-refractivity contribution in [3.8, 4) is 0 Å². The zero-order chi connectivity index (χ0) is 21.6. The minimum absolute atomic E-state index is 0.213. The fourth-order valence-electron chi connectivity index (χ4n) is 3.49. The van der Waals surface area contributed by atoms with Crippen molar-refractivity contribution < 1.29 is 26.7 Å². The van der Waals surface area contributed by atoms with Crippen LogP contribution >= 0.6 is 11.6 Å². The highest BCUT2D eigenvalue weighted by Crippen LogP contribution is 2.30. The van der Waals surface area contributed by atoms with Crippen LogP contribution in [-0.2, 0) is 10.2 Å². The first-order chi connectivity index (χ1) is 13.4. The number of hydrogen-bond acceptors (Lipinski definition) is 6. The highest BCUT2D eigenvalue weighted by atomic mass is 35.5. The standard InChI is InChI=1S/C15H20ClF3N6O3S/c1-9-6-12(16)25-13(9)14(21-8-22-25)23-4-2-10(3-5-23)24(29(20,27)28)7-11(26)15(17,18)19/h6,8,10-11,26H,2-5,7H2,1H3,(H2,20,27,28)/t11-/m1/s1. The van der Waals surface area contributed by atoms with Crippen molar-refractivity contribution in [2.75, 3.05) is 24.5 Å². The molecule has 0 aliphatic carbocycles. The Morgan fingerprint density at radius 3 is 2.59 bits per heavy atom. The molecule has 2 aromatic heterocycles. The average molecular weight is 457 g/mol. The Bertz CT molecular complexity index is 991. The Morgan fingerprint density at radius 1 is 1.41 bits per heavy atom. The van der Waals surface area contributed by atoms with Gasteiger partial charge in [0.1, 0.15) is 17.0 Å². The molecule has 1 aliphatic heterocycles. The van der Waals surface area contributed by atoms with E-state index >= 15 is 0 Å². The Balaban J connectivity index is 1.79. The maximum atomic E-state index is 12.7. The molecule has 1 atom stereocenters. The Kier molecular flexibility index (Phi) is 5.98. The zero-order valence-electron chi connectivity index (χ0n) is 15.3. The summed E-state index contributed by atoms with van der Waals surface area (Å²) in [6.45, 7) is 1.36. The number of anilines is 1. The first-order valence-electron chi connectivity index (χ1n) is 8.67. The van der Waals surface area contributed by atoms with Gasteiger partial charge < -0.3 is 10.0 Å². The van der Waals surface area contributed by atoms with Crippen LogP contribution in [0, 0.1) is 6.92 Å². The molecular weight excluding hydrogens is 437 g/mol. The van der Waals surface area contributed by atoms with Crippen LogP contribution in [0.1, 0.15) is 18.4 Å². The normalized spacial score (nSPS) is 18.0. The van der Waals surface area contributed by atoms with Crippen molar-refractivity contribution in [1.82, 2.24) is 18.9 Å². The molecule has 0 saturated carbocycles.